The van der Waals surface area contributed by atoms with Gasteiger partial charge in [0, 0.05) is 31.9 Å². The molecule has 0 saturated heterocycles. The van der Waals surface area contributed by atoms with E-state index < -0.39 is 0 Å². The van der Waals surface area contributed by atoms with Gasteiger partial charge < -0.3 is 4.90 Å². The molecule has 3 aromatic rings. The summed E-state index contributed by atoms with van der Waals surface area (Å²) in [6, 6.07) is 23.5. The van der Waals surface area contributed by atoms with Crippen LogP contribution in [0.1, 0.15) is 22.4 Å². The average Bonchev–Trinajstić information content (AvgIpc) is 2.68. The molecule has 1 aromatic heterocycles. The first-order chi connectivity index (χ1) is 12.7. The maximum Gasteiger partial charge on any atom is 0.191 e. The molecule has 0 aliphatic rings. The zero-order valence-corrected chi connectivity index (χ0v) is 15.5. The molecule has 0 atom stereocenters. The lowest BCUT2D eigenvalue weighted by molar-refractivity contribution is -0.576. The molecule has 1 heterocycles. The molecule has 3 rings (SSSR count). The Hall–Kier alpha value is -3.13. The van der Waals surface area contributed by atoms with Crippen molar-refractivity contribution < 1.29 is 4.57 Å². The van der Waals surface area contributed by atoms with E-state index in [-0.39, 0.29) is 0 Å². The number of benzene rings is 2. The largest absolute Gasteiger partial charge is 0.378 e. The molecule has 0 N–H and O–H groups in total. The van der Waals surface area contributed by atoms with Crippen LogP contribution < -0.4 is 9.47 Å². The van der Waals surface area contributed by atoms with Crippen molar-refractivity contribution in [2.45, 2.75) is 6.42 Å². The van der Waals surface area contributed by atoms with Crippen LogP contribution in [-0.4, -0.2) is 14.1 Å². The summed E-state index contributed by atoms with van der Waals surface area (Å²) in [6.07, 6.45) is 9.07. The molecule has 0 spiro atoms. The maximum absolute atomic E-state index is 3.87. The first-order valence-electron chi connectivity index (χ1n) is 8.82. The summed E-state index contributed by atoms with van der Waals surface area (Å²) in [5, 5.41) is 0. The van der Waals surface area contributed by atoms with E-state index in [0.717, 1.165) is 6.42 Å². The highest BCUT2D eigenvalue weighted by Crippen LogP contribution is 2.15. The normalized spacial score (nSPS) is 10.8. The summed E-state index contributed by atoms with van der Waals surface area (Å²) < 4.78 is 2.06. The van der Waals surface area contributed by atoms with Crippen molar-refractivity contribution in [2.75, 3.05) is 19.0 Å². The third kappa shape index (κ3) is 4.48. The van der Waals surface area contributed by atoms with Gasteiger partial charge in [0.15, 0.2) is 18.1 Å². The van der Waals surface area contributed by atoms with Crippen molar-refractivity contribution >= 4 is 24.0 Å². The van der Waals surface area contributed by atoms with E-state index in [0.29, 0.717) is 0 Å². The highest BCUT2D eigenvalue weighted by atomic mass is 15.1. The predicted octanol–water partition coefficient (Wildman–Crippen LogP) is 4.90. The second kappa shape index (κ2) is 8.30. The molecule has 0 radical (unpaired) electrons. The minimum Gasteiger partial charge on any atom is -0.378 e. The number of pyridine rings is 1. The molecule has 130 valence electrons. The number of hydrogen-bond acceptors (Lipinski definition) is 1. The van der Waals surface area contributed by atoms with Gasteiger partial charge in [-0.05, 0) is 35.4 Å². The lowest BCUT2D eigenvalue weighted by Gasteiger charge is -2.11. The van der Waals surface area contributed by atoms with Gasteiger partial charge in [-0.2, -0.15) is 4.57 Å². The van der Waals surface area contributed by atoms with Gasteiger partial charge in [-0.3, -0.25) is 0 Å². The van der Waals surface area contributed by atoms with E-state index in [4.69, 9.17) is 0 Å². The van der Waals surface area contributed by atoms with Gasteiger partial charge >= 0.3 is 0 Å². The first kappa shape index (κ1) is 17.7. The molecular weight excluding hydrogens is 316 g/mol. The molecule has 0 amide bonds. The molecule has 0 unspecified atom stereocenters. The van der Waals surface area contributed by atoms with Crippen LogP contribution in [0.4, 0.5) is 5.69 Å². The highest BCUT2D eigenvalue weighted by molar-refractivity contribution is 5.70. The van der Waals surface area contributed by atoms with Gasteiger partial charge in [0.25, 0.3) is 0 Å². The number of hydrogen-bond donors (Lipinski definition) is 0. The molecule has 0 bridgehead atoms. The standard InChI is InChI=1S/C24H25N2/c1-4-26-18-6-5-7-24(26)19-22-12-10-20(11-13-22)8-9-21-14-16-23(17-15-21)25(2)3/h4-18H,1,19H2,2-3H3/q+1/b9-8+. The van der Waals surface area contributed by atoms with Crippen molar-refractivity contribution in [1.29, 1.82) is 0 Å². The smallest absolute Gasteiger partial charge is 0.191 e. The Kier molecular flexibility index (Phi) is 5.65. The fraction of sp³-hybridized carbons (Fsp3) is 0.125. The third-order valence-electron chi connectivity index (χ3n) is 4.42. The van der Waals surface area contributed by atoms with Gasteiger partial charge in [0.1, 0.15) is 0 Å². The van der Waals surface area contributed by atoms with Gasteiger partial charge in [0.05, 0.1) is 6.42 Å². The summed E-state index contributed by atoms with van der Waals surface area (Å²) in [6.45, 7) is 3.87. The van der Waals surface area contributed by atoms with Crippen molar-refractivity contribution in [2.24, 2.45) is 0 Å². The molecular formula is C24H25N2+. The van der Waals surface area contributed by atoms with E-state index in [1.807, 2.05) is 18.5 Å². The Morgan fingerprint density at radius 3 is 2.04 bits per heavy atom. The molecule has 0 fully saturated rings. The minimum atomic E-state index is 0.892. The molecule has 2 heteroatoms. The molecule has 26 heavy (non-hydrogen) atoms. The summed E-state index contributed by atoms with van der Waals surface area (Å²) in [5.41, 5.74) is 6.14. The van der Waals surface area contributed by atoms with Gasteiger partial charge in [0.2, 0.25) is 0 Å². The Morgan fingerprint density at radius 1 is 0.846 bits per heavy atom. The minimum absolute atomic E-state index is 0.892. The number of aromatic nitrogens is 1. The topological polar surface area (TPSA) is 7.12 Å². The van der Waals surface area contributed by atoms with E-state index in [1.54, 1.807) is 0 Å². The van der Waals surface area contributed by atoms with Crippen LogP contribution in [0.5, 0.6) is 0 Å². The van der Waals surface area contributed by atoms with E-state index in [1.165, 1.54) is 28.1 Å². The van der Waals surface area contributed by atoms with Gasteiger partial charge in [-0.1, -0.05) is 54.6 Å². The zero-order valence-electron chi connectivity index (χ0n) is 15.5. The second-order valence-corrected chi connectivity index (χ2v) is 6.52. The Morgan fingerprint density at radius 2 is 1.46 bits per heavy atom. The Labute approximate surface area is 156 Å². The maximum atomic E-state index is 3.87. The van der Waals surface area contributed by atoms with Crippen LogP contribution >= 0.6 is 0 Å². The molecule has 0 saturated carbocycles. The molecule has 0 aliphatic heterocycles. The molecule has 2 nitrogen and oxygen atoms in total. The lowest BCUT2D eigenvalue weighted by atomic mass is 10.1. The molecule has 2 aromatic carbocycles. The summed E-state index contributed by atoms with van der Waals surface area (Å²) in [5.74, 6) is 0. The van der Waals surface area contributed by atoms with Crippen molar-refractivity contribution in [1.82, 2.24) is 0 Å². The summed E-state index contributed by atoms with van der Waals surface area (Å²) >= 11 is 0. The highest BCUT2D eigenvalue weighted by Gasteiger charge is 2.07. The monoisotopic (exact) mass is 341 g/mol. The third-order valence-corrected chi connectivity index (χ3v) is 4.42. The van der Waals surface area contributed by atoms with Crippen LogP contribution in [0.15, 0.2) is 79.5 Å². The SMILES string of the molecule is C=C[n+]1ccccc1Cc1ccc(/C=C/c2ccc(N(C)C)cc2)cc1. The van der Waals surface area contributed by atoms with Crippen molar-refractivity contribution in [3.63, 3.8) is 0 Å². The zero-order chi connectivity index (χ0) is 18.4. The first-order valence-corrected chi connectivity index (χ1v) is 8.82. The van der Waals surface area contributed by atoms with Crippen LogP contribution in [0.3, 0.4) is 0 Å². The van der Waals surface area contributed by atoms with Crippen LogP contribution in [0, 0.1) is 0 Å². The number of rotatable bonds is 6. The summed E-state index contributed by atoms with van der Waals surface area (Å²) in [7, 11) is 4.11. The van der Waals surface area contributed by atoms with Crippen LogP contribution in [0.25, 0.3) is 18.4 Å². The predicted molar refractivity (Wildman–Crippen MR) is 112 cm³/mol. The van der Waals surface area contributed by atoms with Gasteiger partial charge in [-0.25, -0.2) is 0 Å². The Balaban J connectivity index is 1.68. The average molecular weight is 341 g/mol. The lowest BCUT2D eigenvalue weighted by Crippen LogP contribution is -2.30. The van der Waals surface area contributed by atoms with E-state index in [2.05, 4.69) is 103 Å². The fourth-order valence-electron chi connectivity index (χ4n) is 2.85. The van der Waals surface area contributed by atoms with Crippen molar-refractivity contribution in [3.8, 4) is 0 Å². The quantitative estimate of drug-likeness (QED) is 0.457. The molecule has 0 aliphatic carbocycles. The fourth-order valence-corrected chi connectivity index (χ4v) is 2.85. The Bertz CT molecular complexity index is 888. The number of anilines is 1. The summed E-state index contributed by atoms with van der Waals surface area (Å²) in [4.78, 5) is 2.11. The van der Waals surface area contributed by atoms with E-state index in [9.17, 15) is 0 Å². The van der Waals surface area contributed by atoms with Crippen LogP contribution in [-0.2, 0) is 6.42 Å². The number of nitrogens with zero attached hydrogens (tertiary/aromatic N) is 2. The van der Waals surface area contributed by atoms with Crippen LogP contribution in [0.2, 0.25) is 0 Å². The van der Waals surface area contributed by atoms with Gasteiger partial charge in [-0.15, -0.1) is 0 Å². The van der Waals surface area contributed by atoms with E-state index >= 15 is 0 Å². The van der Waals surface area contributed by atoms with Crippen molar-refractivity contribution in [3.05, 3.63) is 102 Å². The second-order valence-electron chi connectivity index (χ2n) is 6.52.